The molecule has 0 N–H and O–H groups in total. The standard InChI is InChI=1S/C51H36N2/c1-51(2)44-23-13-22-41(48(44)43-30-38-19-9-10-20-39(38)31-45(43)51)42-29-28-35-16-11-12-21-40(35)49(42)47-32-46(52-50(53-47)37-17-7-4-8-18-37)36-26-24-34(25-27-36)33-14-5-3-6-15-33/h3-32H,1-2H3. The fraction of sp³-hybridized carbons (Fsp3) is 0.0588. The lowest BCUT2D eigenvalue weighted by atomic mass is 9.81. The molecule has 9 aromatic rings. The molecular formula is C51H36N2. The highest BCUT2D eigenvalue weighted by molar-refractivity contribution is 6.07. The summed E-state index contributed by atoms with van der Waals surface area (Å²) < 4.78 is 0. The van der Waals surface area contributed by atoms with Gasteiger partial charge < -0.3 is 0 Å². The Morgan fingerprint density at radius 1 is 0.358 bits per heavy atom. The summed E-state index contributed by atoms with van der Waals surface area (Å²) >= 11 is 0. The number of aromatic nitrogens is 2. The van der Waals surface area contributed by atoms with Crippen molar-refractivity contribution < 1.29 is 0 Å². The van der Waals surface area contributed by atoms with E-state index in [1.165, 1.54) is 66.1 Å². The topological polar surface area (TPSA) is 25.8 Å². The van der Waals surface area contributed by atoms with Crippen LogP contribution in [0.4, 0.5) is 0 Å². The van der Waals surface area contributed by atoms with Gasteiger partial charge >= 0.3 is 0 Å². The first-order valence-corrected chi connectivity index (χ1v) is 18.3. The summed E-state index contributed by atoms with van der Waals surface area (Å²) in [5.41, 5.74) is 14.9. The highest BCUT2D eigenvalue weighted by Crippen LogP contribution is 2.54. The molecule has 0 saturated heterocycles. The maximum atomic E-state index is 5.40. The third-order valence-electron chi connectivity index (χ3n) is 11.1. The van der Waals surface area contributed by atoms with Crippen LogP contribution in [0.2, 0.25) is 0 Å². The van der Waals surface area contributed by atoms with Crippen molar-refractivity contribution in [2.24, 2.45) is 0 Å². The van der Waals surface area contributed by atoms with E-state index < -0.39 is 0 Å². The molecule has 0 aliphatic heterocycles. The molecule has 53 heavy (non-hydrogen) atoms. The first-order valence-electron chi connectivity index (χ1n) is 18.3. The minimum Gasteiger partial charge on any atom is -0.228 e. The van der Waals surface area contributed by atoms with E-state index in [1.54, 1.807) is 0 Å². The van der Waals surface area contributed by atoms with Crippen molar-refractivity contribution in [3.05, 3.63) is 193 Å². The van der Waals surface area contributed by atoms with Crippen LogP contribution in [0.1, 0.15) is 25.0 Å². The van der Waals surface area contributed by atoms with Gasteiger partial charge in [-0.2, -0.15) is 0 Å². The van der Waals surface area contributed by atoms with Gasteiger partial charge in [0.05, 0.1) is 11.4 Å². The van der Waals surface area contributed by atoms with Crippen LogP contribution in [0.25, 0.3) is 88.8 Å². The van der Waals surface area contributed by atoms with Gasteiger partial charge in [0.1, 0.15) is 0 Å². The Morgan fingerprint density at radius 3 is 1.70 bits per heavy atom. The van der Waals surface area contributed by atoms with E-state index in [9.17, 15) is 0 Å². The molecule has 250 valence electrons. The lowest BCUT2D eigenvalue weighted by Crippen LogP contribution is -2.14. The maximum Gasteiger partial charge on any atom is 0.160 e. The molecule has 1 aliphatic carbocycles. The average Bonchev–Trinajstić information content (AvgIpc) is 3.45. The van der Waals surface area contributed by atoms with Crippen molar-refractivity contribution in [3.8, 4) is 67.3 Å². The first kappa shape index (κ1) is 31.1. The van der Waals surface area contributed by atoms with Gasteiger partial charge in [0.2, 0.25) is 0 Å². The zero-order chi connectivity index (χ0) is 35.5. The third kappa shape index (κ3) is 5.18. The molecule has 2 nitrogen and oxygen atoms in total. The summed E-state index contributed by atoms with van der Waals surface area (Å²) in [5.74, 6) is 0.709. The lowest BCUT2D eigenvalue weighted by Gasteiger charge is -2.22. The monoisotopic (exact) mass is 676 g/mol. The molecule has 1 aliphatic rings. The average molecular weight is 677 g/mol. The normalized spacial score (nSPS) is 12.9. The molecule has 0 radical (unpaired) electrons. The molecule has 0 amide bonds. The predicted octanol–water partition coefficient (Wildman–Crippen LogP) is 13.4. The van der Waals surface area contributed by atoms with Crippen LogP contribution in [0.5, 0.6) is 0 Å². The SMILES string of the molecule is CC1(C)c2cc3ccccc3cc2-c2c(-c3ccc4ccccc4c3-c3cc(-c4ccc(-c5ccccc5)cc4)nc(-c4ccccc4)n3)cccc21. The van der Waals surface area contributed by atoms with E-state index >= 15 is 0 Å². The second-order valence-corrected chi connectivity index (χ2v) is 14.6. The molecule has 0 bridgehead atoms. The maximum absolute atomic E-state index is 5.40. The van der Waals surface area contributed by atoms with Crippen LogP contribution in [0.3, 0.4) is 0 Å². The van der Waals surface area contributed by atoms with E-state index in [0.717, 1.165) is 28.1 Å². The Kier molecular flexibility index (Phi) is 7.19. The second-order valence-electron chi connectivity index (χ2n) is 14.6. The summed E-state index contributed by atoms with van der Waals surface area (Å²) in [5, 5.41) is 4.88. The molecule has 2 heteroatoms. The molecule has 1 aromatic heterocycles. The molecule has 1 heterocycles. The molecule has 0 saturated carbocycles. The number of fused-ring (bicyclic) bond motifs is 5. The molecular weight excluding hydrogens is 641 g/mol. The summed E-state index contributed by atoms with van der Waals surface area (Å²) in [4.78, 5) is 10.6. The zero-order valence-electron chi connectivity index (χ0n) is 29.7. The largest absolute Gasteiger partial charge is 0.228 e. The van der Waals surface area contributed by atoms with E-state index in [2.05, 4.69) is 190 Å². The smallest absolute Gasteiger partial charge is 0.160 e. The van der Waals surface area contributed by atoms with Gasteiger partial charge in [0.25, 0.3) is 0 Å². The molecule has 0 atom stereocenters. The number of nitrogens with zero attached hydrogens (tertiary/aromatic N) is 2. The Bertz CT molecular complexity index is 2830. The molecule has 0 unspecified atom stereocenters. The third-order valence-corrected chi connectivity index (χ3v) is 11.1. The number of hydrogen-bond donors (Lipinski definition) is 0. The van der Waals surface area contributed by atoms with Crippen LogP contribution in [-0.4, -0.2) is 9.97 Å². The van der Waals surface area contributed by atoms with Crippen LogP contribution in [0.15, 0.2) is 182 Å². The summed E-state index contributed by atoms with van der Waals surface area (Å²) in [6.07, 6.45) is 0. The lowest BCUT2D eigenvalue weighted by molar-refractivity contribution is 0.661. The van der Waals surface area contributed by atoms with E-state index in [-0.39, 0.29) is 5.41 Å². The Balaban J connectivity index is 1.23. The number of benzene rings is 8. The van der Waals surface area contributed by atoms with Gasteiger partial charge in [-0.3, -0.25) is 0 Å². The van der Waals surface area contributed by atoms with E-state index in [4.69, 9.17) is 9.97 Å². The van der Waals surface area contributed by atoms with Gasteiger partial charge in [-0.1, -0.05) is 178 Å². The minimum atomic E-state index is -0.143. The zero-order valence-corrected chi connectivity index (χ0v) is 29.7. The van der Waals surface area contributed by atoms with Crippen LogP contribution < -0.4 is 0 Å². The molecule has 8 aromatic carbocycles. The highest BCUT2D eigenvalue weighted by Gasteiger charge is 2.37. The Hall–Kier alpha value is -6.64. The fourth-order valence-corrected chi connectivity index (χ4v) is 8.37. The van der Waals surface area contributed by atoms with Crippen molar-refractivity contribution in [2.45, 2.75) is 19.3 Å². The van der Waals surface area contributed by atoms with Crippen LogP contribution in [0, 0.1) is 0 Å². The Labute approximate surface area is 310 Å². The van der Waals surface area contributed by atoms with E-state index in [0.29, 0.717) is 5.82 Å². The summed E-state index contributed by atoms with van der Waals surface area (Å²) in [7, 11) is 0. The van der Waals surface area contributed by atoms with Crippen molar-refractivity contribution in [1.82, 2.24) is 9.97 Å². The summed E-state index contributed by atoms with van der Waals surface area (Å²) in [6, 6.07) is 65.4. The number of hydrogen-bond acceptors (Lipinski definition) is 2. The summed E-state index contributed by atoms with van der Waals surface area (Å²) in [6.45, 7) is 4.73. The van der Waals surface area contributed by atoms with Crippen molar-refractivity contribution in [3.63, 3.8) is 0 Å². The van der Waals surface area contributed by atoms with Crippen LogP contribution in [-0.2, 0) is 5.41 Å². The van der Waals surface area contributed by atoms with Gasteiger partial charge in [-0.25, -0.2) is 9.97 Å². The fourth-order valence-electron chi connectivity index (χ4n) is 8.37. The number of rotatable bonds is 5. The van der Waals surface area contributed by atoms with Gasteiger partial charge in [0, 0.05) is 22.1 Å². The predicted molar refractivity (Wildman–Crippen MR) is 222 cm³/mol. The Morgan fingerprint density at radius 2 is 0.943 bits per heavy atom. The quantitative estimate of drug-likeness (QED) is 0.181. The molecule has 10 rings (SSSR count). The molecule has 0 spiro atoms. The van der Waals surface area contributed by atoms with Crippen molar-refractivity contribution in [2.75, 3.05) is 0 Å². The van der Waals surface area contributed by atoms with Crippen molar-refractivity contribution >= 4 is 21.5 Å². The first-order chi connectivity index (χ1) is 26.0. The second kappa shape index (κ2) is 12.3. The van der Waals surface area contributed by atoms with E-state index in [1.807, 2.05) is 6.07 Å². The van der Waals surface area contributed by atoms with Crippen LogP contribution >= 0.6 is 0 Å². The van der Waals surface area contributed by atoms with Gasteiger partial charge in [0.15, 0.2) is 5.82 Å². The minimum absolute atomic E-state index is 0.143. The molecule has 0 fully saturated rings. The van der Waals surface area contributed by atoms with Gasteiger partial charge in [-0.15, -0.1) is 0 Å². The van der Waals surface area contributed by atoms with Crippen molar-refractivity contribution in [1.29, 1.82) is 0 Å². The highest BCUT2D eigenvalue weighted by atomic mass is 14.9. The van der Waals surface area contributed by atoms with Gasteiger partial charge in [-0.05, 0) is 84.3 Å².